The van der Waals surface area contributed by atoms with Crippen LogP contribution in [0, 0.1) is 10.1 Å². The number of hydrogen-bond acceptors (Lipinski definition) is 6. The third-order valence-electron chi connectivity index (χ3n) is 3.21. The number of carbonyl (C=O) groups is 2. The van der Waals surface area contributed by atoms with Gasteiger partial charge in [-0.3, -0.25) is 14.9 Å². The van der Waals surface area contributed by atoms with Gasteiger partial charge < -0.3 is 15.8 Å². The van der Waals surface area contributed by atoms with Crippen LogP contribution in [0.15, 0.2) is 42.5 Å². The third-order valence-corrected chi connectivity index (χ3v) is 3.45. The molecule has 0 bridgehead atoms. The summed E-state index contributed by atoms with van der Waals surface area (Å²) in [6, 6.07) is 9.84. The van der Waals surface area contributed by atoms with Crippen molar-refractivity contribution in [3.63, 3.8) is 0 Å². The molecule has 0 aromatic heterocycles. The van der Waals surface area contributed by atoms with Gasteiger partial charge in [0.05, 0.1) is 16.2 Å². The first kappa shape index (κ1) is 18.2. The Bertz CT molecular complexity index is 840. The van der Waals surface area contributed by atoms with Crippen LogP contribution in [0.5, 0.6) is 0 Å². The van der Waals surface area contributed by atoms with Crippen LogP contribution in [-0.4, -0.2) is 22.9 Å². The van der Waals surface area contributed by atoms with E-state index in [1.807, 2.05) is 0 Å². The van der Waals surface area contributed by atoms with Crippen molar-refractivity contribution in [2.75, 3.05) is 11.1 Å². The molecule has 25 heavy (non-hydrogen) atoms. The second kappa shape index (κ2) is 7.63. The summed E-state index contributed by atoms with van der Waals surface area (Å²) in [6.45, 7) is 1.39. The maximum absolute atomic E-state index is 12.1. The number of amides is 1. The first-order valence-corrected chi connectivity index (χ1v) is 7.47. The molecule has 2 aromatic carbocycles. The zero-order chi connectivity index (χ0) is 18.6. The average Bonchev–Trinajstić information content (AvgIpc) is 2.54. The molecular weight excluding hydrogens is 350 g/mol. The molecule has 0 aliphatic rings. The molecule has 2 rings (SSSR count). The molecule has 1 amide bonds. The molecule has 0 aliphatic carbocycles. The van der Waals surface area contributed by atoms with Gasteiger partial charge in [0.1, 0.15) is 0 Å². The molecule has 0 spiro atoms. The lowest BCUT2D eigenvalue weighted by molar-refractivity contribution is -0.384. The molecular formula is C16H14ClN3O5. The zero-order valence-corrected chi connectivity index (χ0v) is 13.8. The number of nitro benzene ring substituents is 1. The number of nitro groups is 1. The van der Waals surface area contributed by atoms with Crippen LogP contribution >= 0.6 is 11.6 Å². The highest BCUT2D eigenvalue weighted by atomic mass is 35.5. The number of ether oxygens (including phenoxy) is 1. The van der Waals surface area contributed by atoms with Crippen LogP contribution in [0.3, 0.4) is 0 Å². The molecule has 0 radical (unpaired) electrons. The summed E-state index contributed by atoms with van der Waals surface area (Å²) in [5.74, 6) is -1.42. The van der Waals surface area contributed by atoms with E-state index in [4.69, 9.17) is 22.1 Å². The second-order valence-corrected chi connectivity index (χ2v) is 5.51. The molecule has 130 valence electrons. The van der Waals surface area contributed by atoms with Crippen LogP contribution in [0.4, 0.5) is 17.1 Å². The summed E-state index contributed by atoms with van der Waals surface area (Å²) in [4.78, 5) is 34.2. The predicted octanol–water partition coefficient (Wildman–Crippen LogP) is 3.01. The number of nitrogens with zero attached hydrogens (tertiary/aromatic N) is 1. The number of rotatable bonds is 5. The van der Waals surface area contributed by atoms with Crippen molar-refractivity contribution in [2.45, 2.75) is 13.0 Å². The lowest BCUT2D eigenvalue weighted by Crippen LogP contribution is -2.30. The number of esters is 1. The van der Waals surface area contributed by atoms with E-state index in [0.29, 0.717) is 10.7 Å². The zero-order valence-electron chi connectivity index (χ0n) is 13.1. The molecule has 2 aromatic rings. The minimum atomic E-state index is -1.11. The van der Waals surface area contributed by atoms with Crippen molar-refractivity contribution in [1.82, 2.24) is 0 Å². The van der Waals surface area contributed by atoms with E-state index in [1.54, 1.807) is 24.3 Å². The highest BCUT2D eigenvalue weighted by Gasteiger charge is 2.21. The number of nitrogens with one attached hydrogen (secondary N) is 1. The molecule has 9 heteroatoms. The van der Waals surface area contributed by atoms with Crippen LogP contribution in [-0.2, 0) is 9.53 Å². The fourth-order valence-electron chi connectivity index (χ4n) is 1.94. The molecule has 0 unspecified atom stereocenters. The number of carbonyl (C=O) groups excluding carboxylic acids is 2. The minimum Gasteiger partial charge on any atom is -0.449 e. The fraction of sp³-hybridized carbons (Fsp3) is 0.125. The van der Waals surface area contributed by atoms with E-state index in [-0.39, 0.29) is 16.9 Å². The third kappa shape index (κ3) is 4.67. The standard InChI is InChI=1S/C16H14ClN3O5/c1-9(15(21)19-11-4-2-3-10(17)7-11)25-16(22)13-6-5-12(20(23)24)8-14(13)18/h2-9H,18H2,1H3,(H,19,21)/t9-/m0/s1. The van der Waals surface area contributed by atoms with Gasteiger partial charge in [-0.25, -0.2) is 4.79 Å². The lowest BCUT2D eigenvalue weighted by atomic mass is 10.1. The smallest absolute Gasteiger partial charge is 0.341 e. The van der Waals surface area contributed by atoms with Crippen LogP contribution in [0.2, 0.25) is 5.02 Å². The van der Waals surface area contributed by atoms with Crippen molar-refractivity contribution in [3.8, 4) is 0 Å². The predicted molar refractivity (Wildman–Crippen MR) is 92.5 cm³/mol. The van der Waals surface area contributed by atoms with Gasteiger partial charge in [-0.15, -0.1) is 0 Å². The summed E-state index contributed by atoms with van der Waals surface area (Å²) >= 11 is 5.83. The average molecular weight is 364 g/mol. The van der Waals surface area contributed by atoms with E-state index in [2.05, 4.69) is 5.32 Å². The number of nitrogen functional groups attached to an aromatic ring is 1. The number of anilines is 2. The van der Waals surface area contributed by atoms with E-state index in [9.17, 15) is 19.7 Å². The summed E-state index contributed by atoms with van der Waals surface area (Å²) in [5.41, 5.74) is 5.66. The lowest BCUT2D eigenvalue weighted by Gasteiger charge is -2.14. The van der Waals surface area contributed by atoms with E-state index in [1.165, 1.54) is 13.0 Å². The van der Waals surface area contributed by atoms with E-state index >= 15 is 0 Å². The van der Waals surface area contributed by atoms with Gasteiger partial charge in [-0.1, -0.05) is 17.7 Å². The molecule has 0 heterocycles. The second-order valence-electron chi connectivity index (χ2n) is 5.08. The van der Waals surface area contributed by atoms with Gasteiger partial charge >= 0.3 is 5.97 Å². The minimum absolute atomic E-state index is 0.0620. The number of non-ortho nitro benzene ring substituents is 1. The van der Waals surface area contributed by atoms with Crippen molar-refractivity contribution in [3.05, 3.63) is 63.2 Å². The molecule has 0 saturated heterocycles. The van der Waals surface area contributed by atoms with Gasteiger partial charge in [-0.2, -0.15) is 0 Å². The Labute approximate surface area is 147 Å². The van der Waals surface area contributed by atoms with Crippen LogP contribution in [0.1, 0.15) is 17.3 Å². The number of halogens is 1. The Hall–Kier alpha value is -3.13. The van der Waals surface area contributed by atoms with Gasteiger partial charge in [0, 0.05) is 22.8 Å². The van der Waals surface area contributed by atoms with Gasteiger partial charge in [0.2, 0.25) is 0 Å². The van der Waals surface area contributed by atoms with Crippen LogP contribution in [0.25, 0.3) is 0 Å². The maximum atomic E-state index is 12.1. The topological polar surface area (TPSA) is 125 Å². The molecule has 0 saturated carbocycles. The Morgan fingerprint density at radius 1 is 1.28 bits per heavy atom. The number of hydrogen-bond donors (Lipinski definition) is 2. The number of benzene rings is 2. The monoisotopic (exact) mass is 363 g/mol. The van der Waals surface area contributed by atoms with Crippen molar-refractivity contribution in [2.24, 2.45) is 0 Å². The van der Waals surface area contributed by atoms with Crippen molar-refractivity contribution >= 4 is 40.5 Å². The molecule has 1 atom stereocenters. The Morgan fingerprint density at radius 3 is 2.60 bits per heavy atom. The summed E-state index contributed by atoms with van der Waals surface area (Å²) in [7, 11) is 0. The summed E-state index contributed by atoms with van der Waals surface area (Å²) in [6.07, 6.45) is -1.11. The fourth-order valence-corrected chi connectivity index (χ4v) is 2.13. The highest BCUT2D eigenvalue weighted by molar-refractivity contribution is 6.30. The van der Waals surface area contributed by atoms with Crippen molar-refractivity contribution < 1.29 is 19.2 Å². The maximum Gasteiger partial charge on any atom is 0.341 e. The van der Waals surface area contributed by atoms with Crippen molar-refractivity contribution in [1.29, 1.82) is 0 Å². The van der Waals surface area contributed by atoms with Gasteiger partial charge in [0.15, 0.2) is 6.10 Å². The number of nitrogens with two attached hydrogens (primary N) is 1. The quantitative estimate of drug-likeness (QED) is 0.364. The largest absolute Gasteiger partial charge is 0.449 e. The summed E-state index contributed by atoms with van der Waals surface area (Å²) in [5, 5.41) is 13.7. The van der Waals surface area contributed by atoms with Gasteiger partial charge in [-0.05, 0) is 31.2 Å². The van der Waals surface area contributed by atoms with Gasteiger partial charge in [0.25, 0.3) is 11.6 Å². The molecule has 0 aliphatic heterocycles. The first-order valence-electron chi connectivity index (χ1n) is 7.09. The van der Waals surface area contributed by atoms with E-state index in [0.717, 1.165) is 12.1 Å². The van der Waals surface area contributed by atoms with E-state index < -0.39 is 22.9 Å². The Kier molecular flexibility index (Phi) is 5.56. The first-order chi connectivity index (χ1) is 11.8. The summed E-state index contributed by atoms with van der Waals surface area (Å²) < 4.78 is 5.05. The highest BCUT2D eigenvalue weighted by Crippen LogP contribution is 2.21. The molecule has 0 fully saturated rings. The molecule has 8 nitrogen and oxygen atoms in total. The Morgan fingerprint density at radius 2 is 2.00 bits per heavy atom. The normalized spacial score (nSPS) is 11.4. The molecule has 3 N–H and O–H groups in total. The SMILES string of the molecule is C[C@H](OC(=O)c1ccc([N+](=O)[O-])cc1N)C(=O)Nc1cccc(Cl)c1. The van der Waals surface area contributed by atoms with Crippen LogP contribution < -0.4 is 11.1 Å². The Balaban J connectivity index is 2.04.